The Morgan fingerprint density at radius 2 is 1.44 bits per heavy atom. The zero-order valence-electron chi connectivity index (χ0n) is 13.6. The molecular weight excluding hydrogens is 320 g/mol. The van der Waals surface area contributed by atoms with Crippen molar-refractivity contribution in [2.45, 2.75) is 12.8 Å². The molecule has 0 unspecified atom stereocenters. The van der Waals surface area contributed by atoms with Crippen LogP contribution in [0.4, 0.5) is 5.69 Å². The van der Waals surface area contributed by atoms with Crippen molar-refractivity contribution < 1.29 is 19.1 Å². The number of fused-ring (bicyclic) bond motifs is 1. The van der Waals surface area contributed by atoms with Crippen molar-refractivity contribution in [3.05, 3.63) is 65.7 Å². The van der Waals surface area contributed by atoms with Gasteiger partial charge in [0.05, 0.1) is 24.5 Å². The van der Waals surface area contributed by atoms with Crippen molar-refractivity contribution in [2.75, 3.05) is 18.6 Å². The topological polar surface area (TPSA) is 77.0 Å². The molecule has 128 valence electrons. The van der Waals surface area contributed by atoms with E-state index < -0.39 is 11.9 Å². The maximum Gasteiger partial charge on any atom is 0.359 e. The van der Waals surface area contributed by atoms with Crippen LogP contribution in [0.5, 0.6) is 0 Å². The van der Waals surface area contributed by atoms with E-state index in [9.17, 15) is 9.59 Å². The van der Waals surface area contributed by atoms with Crippen LogP contribution in [0.1, 0.15) is 28.8 Å². The Hall–Kier alpha value is -3.15. The molecule has 2 aromatic rings. The van der Waals surface area contributed by atoms with Crippen LogP contribution >= 0.6 is 0 Å². The molecule has 0 aromatic heterocycles. The van der Waals surface area contributed by atoms with E-state index in [0.717, 1.165) is 0 Å². The first-order chi connectivity index (χ1) is 12.3. The first-order valence-corrected chi connectivity index (χ1v) is 8.08. The average molecular weight is 338 g/mol. The number of hydrogen-bond donors (Lipinski definition) is 1. The summed E-state index contributed by atoms with van der Waals surface area (Å²) >= 11 is 0. The predicted molar refractivity (Wildman–Crippen MR) is 93.5 cm³/mol. The molecule has 0 aliphatic carbocycles. The van der Waals surface area contributed by atoms with Crippen LogP contribution in [0.2, 0.25) is 0 Å². The molecule has 1 aliphatic heterocycles. The molecular formula is C19H18N2O4. The third-order valence-corrected chi connectivity index (χ3v) is 3.68. The SMILES string of the molecule is O=C1OCCCCOC(=O)c2ccccc2N/N=C\1c1ccccc1. The van der Waals surface area contributed by atoms with E-state index >= 15 is 0 Å². The number of nitrogens with zero attached hydrogens (tertiary/aromatic N) is 1. The van der Waals surface area contributed by atoms with Crippen LogP contribution < -0.4 is 5.43 Å². The van der Waals surface area contributed by atoms with Gasteiger partial charge < -0.3 is 9.47 Å². The summed E-state index contributed by atoms with van der Waals surface area (Å²) in [6.45, 7) is 0.520. The molecule has 6 heteroatoms. The van der Waals surface area contributed by atoms with Gasteiger partial charge in [-0.1, -0.05) is 42.5 Å². The van der Waals surface area contributed by atoms with Gasteiger partial charge in [0.1, 0.15) is 0 Å². The summed E-state index contributed by atoms with van der Waals surface area (Å²) in [5.74, 6) is -0.936. The smallest absolute Gasteiger partial charge is 0.359 e. The minimum absolute atomic E-state index is 0.156. The zero-order valence-corrected chi connectivity index (χ0v) is 13.6. The molecule has 2 aromatic carbocycles. The van der Waals surface area contributed by atoms with E-state index in [1.807, 2.05) is 18.2 Å². The fourth-order valence-electron chi connectivity index (χ4n) is 2.38. The van der Waals surface area contributed by atoms with Crippen LogP contribution in [0, 0.1) is 0 Å². The quantitative estimate of drug-likeness (QED) is 0.809. The van der Waals surface area contributed by atoms with Crippen molar-refractivity contribution in [2.24, 2.45) is 5.10 Å². The summed E-state index contributed by atoms with van der Waals surface area (Å²) in [4.78, 5) is 24.6. The lowest BCUT2D eigenvalue weighted by Gasteiger charge is -2.09. The van der Waals surface area contributed by atoms with E-state index in [1.54, 1.807) is 36.4 Å². The lowest BCUT2D eigenvalue weighted by atomic mass is 10.1. The van der Waals surface area contributed by atoms with Gasteiger partial charge in [-0.25, -0.2) is 9.59 Å². The number of carbonyl (C=O) groups excluding carboxylic acids is 2. The Bertz CT molecular complexity index is 787. The van der Waals surface area contributed by atoms with E-state index in [-0.39, 0.29) is 18.9 Å². The van der Waals surface area contributed by atoms with Gasteiger partial charge in [0.2, 0.25) is 0 Å². The molecule has 0 atom stereocenters. The number of cyclic esters (lactones) is 2. The minimum atomic E-state index is -0.511. The lowest BCUT2D eigenvalue weighted by molar-refractivity contribution is -0.135. The van der Waals surface area contributed by atoms with E-state index in [1.165, 1.54) is 0 Å². The number of hydrogen-bond acceptors (Lipinski definition) is 6. The molecule has 0 spiro atoms. The van der Waals surface area contributed by atoms with Gasteiger partial charge in [-0.15, -0.1) is 0 Å². The van der Waals surface area contributed by atoms with Crippen LogP contribution in [-0.4, -0.2) is 30.9 Å². The highest BCUT2D eigenvalue weighted by atomic mass is 16.5. The number of rotatable bonds is 1. The monoisotopic (exact) mass is 338 g/mol. The Morgan fingerprint density at radius 1 is 0.800 bits per heavy atom. The standard InChI is InChI=1S/C19H18N2O4/c22-18-15-10-4-5-11-16(15)20-21-17(14-8-2-1-3-9-14)19(23)25-13-7-6-12-24-18/h1-5,8-11,20H,6-7,12-13H2/b21-17-. The molecule has 0 radical (unpaired) electrons. The molecule has 25 heavy (non-hydrogen) atoms. The van der Waals surface area contributed by atoms with Crippen LogP contribution in [0.15, 0.2) is 59.7 Å². The Morgan fingerprint density at radius 3 is 2.20 bits per heavy atom. The summed E-state index contributed by atoms with van der Waals surface area (Å²) in [6, 6.07) is 15.9. The molecule has 0 bridgehead atoms. The number of nitrogens with one attached hydrogen (secondary N) is 1. The Kier molecular flexibility index (Phi) is 5.41. The fraction of sp³-hybridized carbons (Fsp3) is 0.211. The molecule has 0 fully saturated rings. The molecule has 0 saturated carbocycles. The summed E-state index contributed by atoms with van der Waals surface area (Å²) in [6.07, 6.45) is 1.22. The number of ether oxygens (including phenoxy) is 2. The highest BCUT2D eigenvalue weighted by Crippen LogP contribution is 2.17. The summed E-state index contributed by atoms with van der Waals surface area (Å²) < 4.78 is 10.5. The first kappa shape index (κ1) is 16.7. The predicted octanol–water partition coefficient (Wildman–Crippen LogP) is 3.00. The maximum atomic E-state index is 12.4. The van der Waals surface area contributed by atoms with E-state index in [4.69, 9.17) is 9.47 Å². The summed E-state index contributed by atoms with van der Waals surface area (Å²) in [7, 11) is 0. The largest absolute Gasteiger partial charge is 0.462 e. The lowest BCUT2D eigenvalue weighted by Crippen LogP contribution is -2.21. The molecule has 0 amide bonds. The average Bonchev–Trinajstić information content (AvgIpc) is 2.66. The van der Waals surface area contributed by atoms with Crippen molar-refractivity contribution in [1.82, 2.24) is 0 Å². The second-order valence-corrected chi connectivity index (χ2v) is 5.46. The van der Waals surface area contributed by atoms with Gasteiger partial charge in [0.15, 0.2) is 5.71 Å². The number of esters is 2. The van der Waals surface area contributed by atoms with Crippen LogP contribution in [-0.2, 0) is 14.3 Å². The van der Waals surface area contributed by atoms with Crippen LogP contribution in [0.25, 0.3) is 0 Å². The van der Waals surface area contributed by atoms with Gasteiger partial charge in [0, 0.05) is 5.56 Å². The Balaban J connectivity index is 1.98. The third-order valence-electron chi connectivity index (χ3n) is 3.68. The van der Waals surface area contributed by atoms with Gasteiger partial charge >= 0.3 is 11.9 Å². The van der Waals surface area contributed by atoms with Crippen molar-refractivity contribution in [3.63, 3.8) is 0 Å². The molecule has 1 aliphatic rings. The maximum absolute atomic E-state index is 12.4. The number of benzene rings is 2. The highest BCUT2D eigenvalue weighted by Gasteiger charge is 2.18. The second kappa shape index (κ2) is 8.10. The molecule has 1 N–H and O–H groups in total. The van der Waals surface area contributed by atoms with Crippen molar-refractivity contribution in [1.29, 1.82) is 0 Å². The molecule has 1 heterocycles. The summed E-state index contributed by atoms with van der Waals surface area (Å²) in [5, 5.41) is 4.20. The van der Waals surface area contributed by atoms with Gasteiger partial charge in [-0.3, -0.25) is 5.43 Å². The minimum Gasteiger partial charge on any atom is -0.462 e. The third kappa shape index (κ3) is 4.23. The number of anilines is 1. The normalized spacial score (nSPS) is 18.0. The fourth-order valence-corrected chi connectivity index (χ4v) is 2.38. The Labute approximate surface area is 145 Å². The molecule has 6 nitrogen and oxygen atoms in total. The van der Waals surface area contributed by atoms with Gasteiger partial charge in [-0.05, 0) is 25.0 Å². The number of para-hydroxylation sites is 1. The second-order valence-electron chi connectivity index (χ2n) is 5.46. The first-order valence-electron chi connectivity index (χ1n) is 8.08. The zero-order chi connectivity index (χ0) is 17.5. The number of carbonyl (C=O) groups is 2. The van der Waals surface area contributed by atoms with E-state index in [2.05, 4.69) is 10.5 Å². The van der Waals surface area contributed by atoms with Gasteiger partial charge in [0.25, 0.3) is 0 Å². The van der Waals surface area contributed by atoms with Gasteiger partial charge in [-0.2, -0.15) is 5.10 Å². The molecule has 0 saturated heterocycles. The highest BCUT2D eigenvalue weighted by molar-refractivity contribution is 6.43. The molecule has 3 rings (SSSR count). The van der Waals surface area contributed by atoms with Crippen molar-refractivity contribution in [3.8, 4) is 0 Å². The van der Waals surface area contributed by atoms with Crippen molar-refractivity contribution >= 4 is 23.3 Å². The van der Waals surface area contributed by atoms with E-state index in [0.29, 0.717) is 29.7 Å². The summed E-state index contributed by atoms with van der Waals surface area (Å²) in [5.41, 5.74) is 4.42. The number of hydrazone groups is 1. The van der Waals surface area contributed by atoms with Crippen LogP contribution in [0.3, 0.4) is 0 Å².